The fourth-order valence-electron chi connectivity index (χ4n) is 0.667. The van der Waals surface area contributed by atoms with Crippen molar-refractivity contribution in [1.29, 1.82) is 0 Å². The van der Waals surface area contributed by atoms with Crippen molar-refractivity contribution < 1.29 is 4.79 Å². The minimum Gasteiger partial charge on any atom is -0.274 e. The van der Waals surface area contributed by atoms with Gasteiger partial charge in [0.15, 0.2) is 0 Å². The molecule has 0 aliphatic rings. The van der Waals surface area contributed by atoms with Gasteiger partial charge in [0.2, 0.25) is 4.45 Å². The fourth-order valence-corrected chi connectivity index (χ4v) is 2.35. The first-order chi connectivity index (χ1) is 5.31. The van der Waals surface area contributed by atoms with E-state index in [4.69, 9.17) is 0 Å². The van der Waals surface area contributed by atoms with Gasteiger partial charge in [-0.3, -0.25) is 4.79 Å². The molecule has 0 heterocycles. The van der Waals surface area contributed by atoms with E-state index in [1.807, 2.05) is 6.92 Å². The van der Waals surface area contributed by atoms with Crippen molar-refractivity contribution in [2.45, 2.75) is 33.1 Å². The van der Waals surface area contributed by atoms with Crippen molar-refractivity contribution in [3.05, 3.63) is 0 Å². The summed E-state index contributed by atoms with van der Waals surface area (Å²) in [5.74, 6) is 1.90. The first-order valence-electron chi connectivity index (χ1n) is 4.10. The zero-order valence-corrected chi connectivity index (χ0v) is 8.89. The summed E-state index contributed by atoms with van der Waals surface area (Å²) in [4.78, 5) is 10.9. The number of thioether (sulfide) groups is 2. The van der Waals surface area contributed by atoms with Crippen LogP contribution in [0.3, 0.4) is 0 Å². The van der Waals surface area contributed by atoms with Gasteiger partial charge in [-0.15, -0.1) is 0 Å². The second-order valence-corrected chi connectivity index (χ2v) is 4.80. The van der Waals surface area contributed by atoms with Crippen molar-refractivity contribution in [3.63, 3.8) is 0 Å². The molecule has 0 aromatic heterocycles. The number of rotatable bonds is 5. The Kier molecular flexibility index (Phi) is 8.75. The van der Waals surface area contributed by atoms with Crippen LogP contribution in [0.4, 0.5) is 4.79 Å². The van der Waals surface area contributed by atoms with E-state index in [1.165, 1.54) is 42.8 Å². The van der Waals surface area contributed by atoms with Crippen LogP contribution in [0.1, 0.15) is 33.1 Å². The lowest BCUT2D eigenvalue weighted by Crippen LogP contribution is -1.85. The zero-order chi connectivity index (χ0) is 8.53. The quantitative estimate of drug-likeness (QED) is 0.617. The summed E-state index contributed by atoms with van der Waals surface area (Å²) in [6, 6.07) is 0. The summed E-state index contributed by atoms with van der Waals surface area (Å²) in [6.45, 7) is 4.18. The fraction of sp³-hybridized carbons (Fsp3) is 0.875. The third kappa shape index (κ3) is 8.27. The zero-order valence-electron chi connectivity index (χ0n) is 7.26. The van der Waals surface area contributed by atoms with Gasteiger partial charge in [-0.1, -0.05) is 50.2 Å². The molecule has 1 nitrogen and oxygen atoms in total. The molecule has 66 valence electrons. The van der Waals surface area contributed by atoms with Gasteiger partial charge < -0.3 is 0 Å². The lowest BCUT2D eigenvalue weighted by Gasteiger charge is -1.96. The molecular formula is C8H16OS2. The first kappa shape index (κ1) is 11.4. The lowest BCUT2D eigenvalue weighted by molar-refractivity contribution is 0.276. The van der Waals surface area contributed by atoms with E-state index in [-0.39, 0.29) is 4.45 Å². The topological polar surface area (TPSA) is 17.1 Å². The highest BCUT2D eigenvalue weighted by Crippen LogP contribution is 2.17. The van der Waals surface area contributed by atoms with Crippen LogP contribution in [0.15, 0.2) is 0 Å². The highest BCUT2D eigenvalue weighted by Gasteiger charge is 1.99. The Balaban J connectivity index is 3.04. The van der Waals surface area contributed by atoms with Crippen molar-refractivity contribution in [2.24, 2.45) is 0 Å². The highest BCUT2D eigenvalue weighted by molar-refractivity contribution is 8.38. The first-order valence-corrected chi connectivity index (χ1v) is 6.08. The van der Waals surface area contributed by atoms with Crippen molar-refractivity contribution >= 4 is 28.0 Å². The van der Waals surface area contributed by atoms with Gasteiger partial charge in [-0.05, 0) is 12.2 Å². The Labute approximate surface area is 77.7 Å². The van der Waals surface area contributed by atoms with Crippen LogP contribution in [0.25, 0.3) is 0 Å². The molecule has 3 heteroatoms. The maximum absolute atomic E-state index is 10.9. The maximum atomic E-state index is 10.9. The minimum absolute atomic E-state index is 0.281. The Morgan fingerprint density at radius 1 is 1.18 bits per heavy atom. The average Bonchev–Trinajstić information content (AvgIpc) is 1.99. The summed E-state index contributed by atoms with van der Waals surface area (Å²) in [5, 5.41) is 0. The van der Waals surface area contributed by atoms with E-state index in [9.17, 15) is 4.79 Å². The van der Waals surface area contributed by atoms with Crippen LogP contribution in [-0.2, 0) is 0 Å². The number of hydrogen-bond acceptors (Lipinski definition) is 3. The molecule has 0 aromatic carbocycles. The van der Waals surface area contributed by atoms with Crippen molar-refractivity contribution in [1.82, 2.24) is 0 Å². The van der Waals surface area contributed by atoms with Crippen molar-refractivity contribution in [3.8, 4) is 0 Å². The Bertz CT molecular complexity index is 104. The number of carbonyl (C=O) groups excluding carboxylic acids is 1. The van der Waals surface area contributed by atoms with Gasteiger partial charge in [0, 0.05) is 5.75 Å². The van der Waals surface area contributed by atoms with E-state index >= 15 is 0 Å². The highest BCUT2D eigenvalue weighted by atomic mass is 32.2. The molecule has 0 saturated heterocycles. The smallest absolute Gasteiger partial charge is 0.246 e. The molecule has 0 N–H and O–H groups in total. The summed E-state index contributed by atoms with van der Waals surface area (Å²) in [6.07, 6.45) is 3.66. The van der Waals surface area contributed by atoms with Gasteiger partial charge >= 0.3 is 0 Å². The SMILES string of the molecule is CCCCCSC(=O)SCC. The van der Waals surface area contributed by atoms with Crippen LogP contribution in [0.5, 0.6) is 0 Å². The number of hydrogen-bond donors (Lipinski definition) is 0. The molecule has 0 radical (unpaired) electrons. The summed E-state index contributed by atoms with van der Waals surface area (Å²) in [7, 11) is 0. The van der Waals surface area contributed by atoms with Gasteiger partial charge in [0.05, 0.1) is 0 Å². The van der Waals surface area contributed by atoms with Crippen LogP contribution < -0.4 is 0 Å². The normalized spacial score (nSPS) is 10.0. The molecule has 0 aromatic rings. The van der Waals surface area contributed by atoms with Crippen molar-refractivity contribution in [2.75, 3.05) is 11.5 Å². The Morgan fingerprint density at radius 2 is 1.91 bits per heavy atom. The van der Waals surface area contributed by atoms with Crippen LogP contribution in [-0.4, -0.2) is 16.0 Å². The molecule has 11 heavy (non-hydrogen) atoms. The predicted molar refractivity (Wildman–Crippen MR) is 55.5 cm³/mol. The molecular weight excluding hydrogens is 176 g/mol. The second kappa shape index (κ2) is 8.47. The summed E-state index contributed by atoms with van der Waals surface area (Å²) < 4.78 is 0.281. The van der Waals surface area contributed by atoms with Gasteiger partial charge in [0.1, 0.15) is 0 Å². The molecule has 0 fully saturated rings. The number of carbonyl (C=O) groups is 1. The third-order valence-corrected chi connectivity index (χ3v) is 3.19. The standard InChI is InChI=1S/C8H16OS2/c1-3-5-6-7-11-8(9)10-4-2/h3-7H2,1-2H3. The average molecular weight is 192 g/mol. The van der Waals surface area contributed by atoms with E-state index in [0.717, 1.165) is 11.5 Å². The molecule has 0 spiro atoms. The summed E-state index contributed by atoms with van der Waals surface area (Å²) >= 11 is 2.88. The van der Waals surface area contributed by atoms with Gasteiger partial charge in [-0.2, -0.15) is 0 Å². The molecule has 0 saturated carbocycles. The predicted octanol–water partition coefficient (Wildman–Crippen LogP) is 3.78. The van der Waals surface area contributed by atoms with Crippen LogP contribution in [0, 0.1) is 0 Å². The van der Waals surface area contributed by atoms with E-state index in [2.05, 4.69) is 6.92 Å². The monoisotopic (exact) mass is 192 g/mol. The molecule has 0 aliphatic carbocycles. The van der Waals surface area contributed by atoms with Gasteiger partial charge in [-0.25, -0.2) is 0 Å². The van der Waals surface area contributed by atoms with E-state index in [1.54, 1.807) is 0 Å². The molecule has 0 rings (SSSR count). The Hall–Kier alpha value is 0.370. The maximum Gasteiger partial charge on any atom is 0.246 e. The summed E-state index contributed by atoms with van der Waals surface area (Å²) in [5.41, 5.74) is 0. The Morgan fingerprint density at radius 3 is 2.45 bits per heavy atom. The molecule has 0 aliphatic heterocycles. The molecule has 0 atom stereocenters. The van der Waals surface area contributed by atoms with Crippen LogP contribution >= 0.6 is 23.5 Å². The van der Waals surface area contributed by atoms with Gasteiger partial charge in [0.25, 0.3) is 0 Å². The molecule has 0 amide bonds. The number of unbranched alkanes of at least 4 members (excludes halogenated alkanes) is 2. The largest absolute Gasteiger partial charge is 0.274 e. The molecule has 0 bridgehead atoms. The third-order valence-electron chi connectivity index (χ3n) is 1.23. The molecule has 0 unspecified atom stereocenters. The van der Waals surface area contributed by atoms with E-state index < -0.39 is 0 Å². The minimum atomic E-state index is 0.281. The van der Waals surface area contributed by atoms with Crippen LogP contribution in [0.2, 0.25) is 0 Å². The van der Waals surface area contributed by atoms with E-state index in [0.29, 0.717) is 0 Å². The second-order valence-electron chi connectivity index (χ2n) is 2.24. The lowest BCUT2D eigenvalue weighted by atomic mass is 10.3.